The number of thiazole rings is 1. The van der Waals surface area contributed by atoms with Crippen LogP contribution >= 0.6 is 11.3 Å². The summed E-state index contributed by atoms with van der Waals surface area (Å²) in [4.78, 5) is 44.6. The number of carbonyl (C=O) groups excluding carboxylic acids is 3. The molecule has 2 N–H and O–H groups in total. The molecular weight excluding hydrogens is 475 g/mol. The molecule has 2 heterocycles. The Balaban J connectivity index is 1.65. The lowest BCUT2D eigenvalue weighted by Gasteiger charge is -2.37. The fourth-order valence-corrected chi connectivity index (χ4v) is 4.12. The molecule has 0 bridgehead atoms. The molecule has 1 fully saturated rings. The van der Waals surface area contributed by atoms with Gasteiger partial charge in [0.1, 0.15) is 10.7 Å². The molecule has 1 atom stereocenters. The van der Waals surface area contributed by atoms with E-state index >= 15 is 0 Å². The number of hydrogen-bond donors (Lipinski definition) is 2. The second-order valence-corrected chi connectivity index (χ2v) is 8.44. The number of aryl methyl sites for hydroxylation is 1. The highest BCUT2D eigenvalue weighted by Gasteiger charge is 2.39. The fourth-order valence-electron chi connectivity index (χ4n) is 3.37. The molecule has 3 amide bonds. The maximum atomic E-state index is 13.0. The number of benzene rings is 1. The molecule has 9 nitrogen and oxygen atoms in total. The Bertz CT molecular complexity index is 1090. The highest BCUT2D eigenvalue weighted by atomic mass is 32.1. The van der Waals surface area contributed by atoms with Crippen LogP contribution in [0, 0.1) is 12.3 Å². The Kier molecular flexibility index (Phi) is 7.67. The van der Waals surface area contributed by atoms with Crippen molar-refractivity contribution in [1.29, 1.82) is 5.41 Å². The summed E-state index contributed by atoms with van der Waals surface area (Å²) in [6.45, 7) is 2.98. The lowest BCUT2D eigenvalue weighted by molar-refractivity contribution is -0.171. The highest BCUT2D eigenvalue weighted by Crippen LogP contribution is 2.20. The van der Waals surface area contributed by atoms with E-state index in [4.69, 9.17) is 10.1 Å². The monoisotopic (exact) mass is 497 g/mol. The third kappa shape index (κ3) is 5.78. The van der Waals surface area contributed by atoms with Crippen LogP contribution in [0.3, 0.4) is 0 Å². The molecule has 0 aliphatic carbocycles. The Labute approximate surface area is 197 Å². The number of ether oxygens (including phenoxy) is 1. The summed E-state index contributed by atoms with van der Waals surface area (Å²) in [5, 5.41) is 9.09. The summed E-state index contributed by atoms with van der Waals surface area (Å²) < 4.78 is 42.6. The smallest absolute Gasteiger partial charge is 0.377 e. The zero-order valence-corrected chi connectivity index (χ0v) is 19.1. The lowest BCUT2D eigenvalue weighted by Crippen LogP contribution is -2.53. The summed E-state index contributed by atoms with van der Waals surface area (Å²) in [7, 11) is 1.57. The topological polar surface area (TPSA) is 116 Å². The fraction of sp³-hybridized carbons (Fsp3) is 0.381. The van der Waals surface area contributed by atoms with E-state index in [1.54, 1.807) is 24.4 Å². The number of amides is 3. The van der Waals surface area contributed by atoms with Gasteiger partial charge in [0.2, 0.25) is 0 Å². The SMILES string of the molecule is Cc1ncsc1C(=O)N1CCOC[C@H]1CN(C)C(=O)c1ccc(C(=N)NC(=O)C(F)(F)F)cc1. The number of halogens is 3. The van der Waals surface area contributed by atoms with E-state index in [-0.39, 0.29) is 42.1 Å². The van der Waals surface area contributed by atoms with E-state index in [0.717, 1.165) is 0 Å². The number of morpholine rings is 1. The number of nitrogens with one attached hydrogen (secondary N) is 2. The predicted octanol–water partition coefficient (Wildman–Crippen LogP) is 2.07. The summed E-state index contributed by atoms with van der Waals surface area (Å²) in [5.74, 6) is -3.54. The molecule has 3 rings (SSSR count). The Morgan fingerprint density at radius 2 is 1.91 bits per heavy atom. The van der Waals surface area contributed by atoms with E-state index < -0.39 is 17.9 Å². The molecule has 0 unspecified atom stereocenters. The number of carbonyl (C=O) groups is 3. The van der Waals surface area contributed by atoms with Gasteiger partial charge in [0.15, 0.2) is 0 Å². The Hall–Kier alpha value is -3.32. The number of amidine groups is 1. The quantitative estimate of drug-likeness (QED) is 0.485. The summed E-state index contributed by atoms with van der Waals surface area (Å²) in [5.41, 5.74) is 2.48. The second kappa shape index (κ2) is 10.3. The van der Waals surface area contributed by atoms with Crippen molar-refractivity contribution in [3.05, 3.63) is 51.5 Å². The van der Waals surface area contributed by atoms with Crippen molar-refractivity contribution in [3.63, 3.8) is 0 Å². The predicted molar refractivity (Wildman–Crippen MR) is 117 cm³/mol. The largest absolute Gasteiger partial charge is 0.471 e. The molecule has 1 aromatic heterocycles. The minimum atomic E-state index is -5.11. The van der Waals surface area contributed by atoms with Crippen molar-refractivity contribution in [2.75, 3.05) is 33.4 Å². The van der Waals surface area contributed by atoms with Crippen LogP contribution in [0.5, 0.6) is 0 Å². The zero-order chi connectivity index (χ0) is 25.0. The zero-order valence-electron chi connectivity index (χ0n) is 18.3. The first kappa shape index (κ1) is 25.3. The van der Waals surface area contributed by atoms with Gasteiger partial charge in [0, 0.05) is 31.3 Å². The highest BCUT2D eigenvalue weighted by molar-refractivity contribution is 7.11. The van der Waals surface area contributed by atoms with Gasteiger partial charge in [-0.25, -0.2) is 4.98 Å². The van der Waals surface area contributed by atoms with Crippen LogP contribution in [0.2, 0.25) is 0 Å². The van der Waals surface area contributed by atoms with Crippen LogP contribution in [0.4, 0.5) is 13.2 Å². The Morgan fingerprint density at radius 3 is 2.50 bits per heavy atom. The summed E-state index contributed by atoms with van der Waals surface area (Å²) in [6, 6.07) is 4.87. The van der Waals surface area contributed by atoms with Crippen LogP contribution < -0.4 is 5.32 Å². The van der Waals surface area contributed by atoms with Gasteiger partial charge >= 0.3 is 12.1 Å². The van der Waals surface area contributed by atoms with Crippen LogP contribution in [0.15, 0.2) is 29.8 Å². The molecule has 182 valence electrons. The number of nitrogens with zero attached hydrogens (tertiary/aromatic N) is 3. The first-order valence-corrected chi connectivity index (χ1v) is 11.0. The van der Waals surface area contributed by atoms with Gasteiger partial charge in [-0.1, -0.05) is 12.1 Å². The first-order valence-electron chi connectivity index (χ1n) is 10.1. The van der Waals surface area contributed by atoms with E-state index in [1.807, 2.05) is 0 Å². The summed E-state index contributed by atoms with van der Waals surface area (Å²) >= 11 is 1.25. The average Bonchev–Trinajstić information content (AvgIpc) is 3.23. The number of aromatic nitrogens is 1. The van der Waals surface area contributed by atoms with Crippen molar-refractivity contribution in [2.24, 2.45) is 0 Å². The van der Waals surface area contributed by atoms with E-state index in [9.17, 15) is 27.6 Å². The maximum absolute atomic E-state index is 13.0. The normalized spacial score (nSPS) is 16.1. The van der Waals surface area contributed by atoms with E-state index in [2.05, 4.69) is 4.98 Å². The van der Waals surface area contributed by atoms with E-state index in [0.29, 0.717) is 23.7 Å². The molecule has 1 aliphatic rings. The van der Waals surface area contributed by atoms with Crippen LogP contribution in [-0.2, 0) is 9.53 Å². The van der Waals surface area contributed by atoms with Crippen molar-refractivity contribution < 1.29 is 32.3 Å². The first-order chi connectivity index (χ1) is 16.0. The van der Waals surface area contributed by atoms with Crippen molar-refractivity contribution >= 4 is 34.9 Å². The number of hydrogen-bond acceptors (Lipinski definition) is 7. The molecule has 13 heteroatoms. The van der Waals surface area contributed by atoms with Crippen LogP contribution in [-0.4, -0.2) is 83.9 Å². The molecular formula is C21H22F3N5O4S. The van der Waals surface area contributed by atoms with Crippen molar-refractivity contribution in [2.45, 2.75) is 19.1 Å². The minimum absolute atomic E-state index is 0.00850. The molecule has 0 radical (unpaired) electrons. The molecule has 1 aromatic carbocycles. The van der Waals surface area contributed by atoms with Gasteiger partial charge < -0.3 is 19.9 Å². The molecule has 0 spiro atoms. The molecule has 1 saturated heterocycles. The molecule has 0 saturated carbocycles. The minimum Gasteiger partial charge on any atom is -0.377 e. The third-order valence-electron chi connectivity index (χ3n) is 5.18. The van der Waals surface area contributed by atoms with E-state index in [1.165, 1.54) is 45.8 Å². The standard InChI is InChI=1S/C21H22F3N5O4S/c1-12-16(34-11-26-12)19(31)29-7-8-33-10-15(29)9-28(2)18(30)14-5-3-13(4-6-14)17(25)27-20(32)21(22,23)24/h3-6,11,15H,7-10H2,1-2H3,(H2,25,27,32)/t15-/m1/s1. The van der Waals surface area contributed by atoms with Gasteiger partial charge in [-0.05, 0) is 19.1 Å². The third-order valence-corrected chi connectivity index (χ3v) is 6.09. The van der Waals surface area contributed by atoms with Gasteiger partial charge in [-0.15, -0.1) is 11.3 Å². The number of rotatable bonds is 5. The van der Waals surface area contributed by atoms with Crippen molar-refractivity contribution in [1.82, 2.24) is 20.1 Å². The van der Waals surface area contributed by atoms with Crippen LogP contribution in [0.25, 0.3) is 0 Å². The molecule has 34 heavy (non-hydrogen) atoms. The summed E-state index contributed by atoms with van der Waals surface area (Å²) in [6.07, 6.45) is -5.11. The Morgan fingerprint density at radius 1 is 1.26 bits per heavy atom. The maximum Gasteiger partial charge on any atom is 0.471 e. The molecule has 2 aromatic rings. The number of alkyl halides is 3. The van der Waals surface area contributed by atoms with Gasteiger partial charge in [-0.2, -0.15) is 13.2 Å². The average molecular weight is 497 g/mol. The van der Waals surface area contributed by atoms with Gasteiger partial charge in [-0.3, -0.25) is 19.8 Å². The van der Waals surface area contributed by atoms with Crippen LogP contribution in [0.1, 0.15) is 31.3 Å². The van der Waals surface area contributed by atoms with Gasteiger partial charge in [0.05, 0.1) is 30.5 Å². The van der Waals surface area contributed by atoms with Gasteiger partial charge in [0.25, 0.3) is 11.8 Å². The lowest BCUT2D eigenvalue weighted by atomic mass is 10.1. The number of likely N-dealkylation sites (N-methyl/N-ethyl adjacent to an activating group) is 1. The second-order valence-electron chi connectivity index (χ2n) is 7.58. The van der Waals surface area contributed by atoms with Crippen molar-refractivity contribution in [3.8, 4) is 0 Å². The molecule has 1 aliphatic heterocycles.